The molecule has 2 aliphatic rings. The monoisotopic (exact) mass is 419 g/mol. The second kappa shape index (κ2) is 8.96. The third kappa shape index (κ3) is 3.97. The van der Waals surface area contributed by atoms with Crippen LogP contribution in [0.15, 0.2) is 48.0 Å². The average molecular weight is 420 g/mol. The van der Waals surface area contributed by atoms with Crippen molar-refractivity contribution < 1.29 is 19.4 Å². The SMILES string of the molecule is CCCCCN1C(=O)C(=O)/C(=C(\O)c2ccc3c(c2)CCO3)C1c1ccc(CC)cc1. The van der Waals surface area contributed by atoms with Crippen molar-refractivity contribution in [2.24, 2.45) is 0 Å². The Hall–Kier alpha value is -3.08. The van der Waals surface area contributed by atoms with Crippen molar-refractivity contribution in [3.63, 3.8) is 0 Å². The number of ether oxygens (including phenoxy) is 1. The van der Waals surface area contributed by atoms with Crippen LogP contribution in [0.4, 0.5) is 0 Å². The first-order valence-electron chi connectivity index (χ1n) is 11.2. The van der Waals surface area contributed by atoms with Gasteiger partial charge in [-0.2, -0.15) is 0 Å². The van der Waals surface area contributed by atoms with E-state index < -0.39 is 17.7 Å². The summed E-state index contributed by atoms with van der Waals surface area (Å²) in [4.78, 5) is 27.6. The number of aliphatic hydroxyl groups excluding tert-OH is 1. The highest BCUT2D eigenvalue weighted by atomic mass is 16.5. The van der Waals surface area contributed by atoms with Crippen LogP contribution in [0.3, 0.4) is 0 Å². The molecule has 2 aromatic carbocycles. The standard InChI is InChI=1S/C26H29NO4/c1-3-5-6-14-27-23(18-9-7-17(4-2)8-10-18)22(25(29)26(27)30)24(28)20-11-12-21-19(16-20)13-15-31-21/h7-12,16,23,28H,3-6,13-15H2,1-2H3/b24-22-. The van der Waals surface area contributed by atoms with E-state index in [1.165, 1.54) is 5.56 Å². The summed E-state index contributed by atoms with van der Waals surface area (Å²) in [5.41, 5.74) is 3.75. The van der Waals surface area contributed by atoms with E-state index in [9.17, 15) is 14.7 Å². The summed E-state index contributed by atoms with van der Waals surface area (Å²) in [5.74, 6) is -0.457. The summed E-state index contributed by atoms with van der Waals surface area (Å²) >= 11 is 0. The Morgan fingerprint density at radius 3 is 2.58 bits per heavy atom. The van der Waals surface area contributed by atoms with Crippen LogP contribution < -0.4 is 4.74 Å². The van der Waals surface area contributed by atoms with Gasteiger partial charge in [-0.1, -0.05) is 51.0 Å². The molecule has 0 saturated carbocycles. The van der Waals surface area contributed by atoms with E-state index in [1.807, 2.05) is 36.4 Å². The Balaban J connectivity index is 1.79. The summed E-state index contributed by atoms with van der Waals surface area (Å²) in [7, 11) is 0. The predicted octanol–water partition coefficient (Wildman–Crippen LogP) is 4.80. The van der Waals surface area contributed by atoms with Gasteiger partial charge in [-0.25, -0.2) is 0 Å². The van der Waals surface area contributed by atoms with Crippen LogP contribution in [0, 0.1) is 0 Å². The van der Waals surface area contributed by atoms with Gasteiger partial charge in [0.05, 0.1) is 18.2 Å². The van der Waals surface area contributed by atoms with Gasteiger partial charge in [-0.05, 0) is 47.7 Å². The Labute approximate surface area is 183 Å². The second-order valence-corrected chi connectivity index (χ2v) is 8.22. The number of hydrogen-bond acceptors (Lipinski definition) is 4. The highest BCUT2D eigenvalue weighted by molar-refractivity contribution is 6.46. The van der Waals surface area contributed by atoms with Gasteiger partial charge < -0.3 is 14.7 Å². The molecule has 1 N–H and O–H groups in total. The zero-order chi connectivity index (χ0) is 22.0. The Bertz CT molecular complexity index is 1020. The van der Waals surface area contributed by atoms with Gasteiger partial charge in [0.25, 0.3) is 11.7 Å². The number of Topliss-reactive ketones (excluding diaryl/α,β-unsaturated/α-hetero) is 1. The summed E-state index contributed by atoms with van der Waals surface area (Å²) in [6, 6.07) is 12.8. The maximum absolute atomic E-state index is 13.1. The first-order valence-corrected chi connectivity index (χ1v) is 11.2. The highest BCUT2D eigenvalue weighted by Crippen LogP contribution is 2.40. The first-order chi connectivity index (χ1) is 15.0. The fourth-order valence-electron chi connectivity index (χ4n) is 4.41. The lowest BCUT2D eigenvalue weighted by atomic mass is 9.93. The number of amides is 1. The van der Waals surface area contributed by atoms with Crippen molar-refractivity contribution in [2.75, 3.05) is 13.2 Å². The van der Waals surface area contributed by atoms with E-state index in [1.54, 1.807) is 11.0 Å². The molecule has 162 valence electrons. The molecule has 0 aromatic heterocycles. The quantitative estimate of drug-likeness (QED) is 0.303. The largest absolute Gasteiger partial charge is 0.507 e. The number of ketones is 1. The molecule has 2 heterocycles. The Morgan fingerprint density at radius 2 is 1.87 bits per heavy atom. The number of unbranched alkanes of at least 4 members (excludes halogenated alkanes) is 2. The normalized spacial score (nSPS) is 19.5. The van der Waals surface area contributed by atoms with Crippen LogP contribution in [0.2, 0.25) is 0 Å². The van der Waals surface area contributed by atoms with E-state index in [0.717, 1.165) is 49.0 Å². The van der Waals surface area contributed by atoms with Gasteiger partial charge in [0.2, 0.25) is 0 Å². The molecule has 0 aliphatic carbocycles. The maximum Gasteiger partial charge on any atom is 0.295 e. The predicted molar refractivity (Wildman–Crippen MR) is 120 cm³/mol. The van der Waals surface area contributed by atoms with Gasteiger partial charge in [0.15, 0.2) is 0 Å². The van der Waals surface area contributed by atoms with Gasteiger partial charge in [0, 0.05) is 18.5 Å². The van der Waals surface area contributed by atoms with Crippen molar-refractivity contribution in [2.45, 2.75) is 52.0 Å². The topological polar surface area (TPSA) is 66.8 Å². The zero-order valence-corrected chi connectivity index (χ0v) is 18.2. The van der Waals surface area contributed by atoms with Crippen molar-refractivity contribution >= 4 is 17.4 Å². The molecule has 1 saturated heterocycles. The smallest absolute Gasteiger partial charge is 0.295 e. The summed E-state index contributed by atoms with van der Waals surface area (Å²) < 4.78 is 5.55. The zero-order valence-electron chi connectivity index (χ0n) is 18.2. The van der Waals surface area contributed by atoms with Crippen molar-refractivity contribution in [3.8, 4) is 5.75 Å². The fraction of sp³-hybridized carbons (Fsp3) is 0.385. The number of aryl methyl sites for hydroxylation is 1. The van der Waals surface area contributed by atoms with Gasteiger partial charge in [-0.3, -0.25) is 9.59 Å². The number of carbonyl (C=O) groups excluding carboxylic acids is 2. The van der Waals surface area contributed by atoms with Gasteiger partial charge >= 0.3 is 0 Å². The molecule has 0 radical (unpaired) electrons. The molecule has 1 atom stereocenters. The molecule has 1 amide bonds. The number of hydrogen-bond donors (Lipinski definition) is 1. The molecule has 5 heteroatoms. The lowest BCUT2D eigenvalue weighted by Crippen LogP contribution is -2.30. The molecule has 2 aliphatic heterocycles. The van der Waals surface area contributed by atoms with Crippen LogP contribution in [0.1, 0.15) is 61.4 Å². The van der Waals surface area contributed by atoms with Crippen LogP contribution in [0.5, 0.6) is 5.75 Å². The third-order valence-corrected chi connectivity index (χ3v) is 6.21. The maximum atomic E-state index is 13.1. The van der Waals surface area contributed by atoms with Crippen molar-refractivity contribution in [1.82, 2.24) is 4.90 Å². The molecule has 2 aromatic rings. The minimum Gasteiger partial charge on any atom is -0.507 e. The molecule has 0 bridgehead atoms. The van der Waals surface area contributed by atoms with Crippen LogP contribution in [0.25, 0.3) is 5.76 Å². The molecule has 0 spiro atoms. The lowest BCUT2D eigenvalue weighted by molar-refractivity contribution is -0.139. The summed E-state index contributed by atoms with van der Waals surface area (Å²) in [6.45, 7) is 5.30. The minimum atomic E-state index is -0.615. The Morgan fingerprint density at radius 1 is 1.10 bits per heavy atom. The first kappa shape index (κ1) is 21.2. The lowest BCUT2D eigenvalue weighted by Gasteiger charge is -2.25. The number of likely N-dealkylation sites (tertiary alicyclic amines) is 1. The van der Waals surface area contributed by atoms with Crippen LogP contribution in [-0.2, 0) is 22.4 Å². The van der Waals surface area contributed by atoms with Crippen LogP contribution >= 0.6 is 0 Å². The molecular formula is C26H29NO4. The molecule has 31 heavy (non-hydrogen) atoms. The van der Waals surface area contributed by atoms with E-state index in [-0.39, 0.29) is 11.3 Å². The van der Waals surface area contributed by atoms with Crippen LogP contribution in [-0.4, -0.2) is 34.8 Å². The van der Waals surface area contributed by atoms with E-state index in [4.69, 9.17) is 4.74 Å². The van der Waals surface area contributed by atoms with Gasteiger partial charge in [-0.15, -0.1) is 0 Å². The number of nitrogens with zero attached hydrogens (tertiary/aromatic N) is 1. The Kier molecular flexibility index (Phi) is 6.12. The summed E-state index contributed by atoms with van der Waals surface area (Å²) in [6.07, 6.45) is 4.51. The summed E-state index contributed by atoms with van der Waals surface area (Å²) in [5, 5.41) is 11.2. The average Bonchev–Trinajstić information content (AvgIpc) is 3.36. The number of fused-ring (bicyclic) bond motifs is 1. The number of aliphatic hydroxyl groups is 1. The molecular weight excluding hydrogens is 390 g/mol. The van der Waals surface area contributed by atoms with Crippen molar-refractivity contribution in [1.29, 1.82) is 0 Å². The van der Waals surface area contributed by atoms with E-state index in [2.05, 4.69) is 13.8 Å². The highest BCUT2D eigenvalue weighted by Gasteiger charge is 2.45. The van der Waals surface area contributed by atoms with Gasteiger partial charge in [0.1, 0.15) is 11.5 Å². The second-order valence-electron chi connectivity index (χ2n) is 8.22. The van der Waals surface area contributed by atoms with Crippen molar-refractivity contribution in [3.05, 3.63) is 70.3 Å². The number of benzene rings is 2. The number of rotatable bonds is 7. The van der Waals surface area contributed by atoms with E-state index in [0.29, 0.717) is 18.7 Å². The third-order valence-electron chi connectivity index (χ3n) is 6.21. The minimum absolute atomic E-state index is 0.115. The van der Waals surface area contributed by atoms with E-state index >= 15 is 0 Å². The molecule has 1 fully saturated rings. The molecule has 4 rings (SSSR count). The molecule has 1 unspecified atom stereocenters. The number of carbonyl (C=O) groups is 2. The molecule has 5 nitrogen and oxygen atoms in total. The fourth-order valence-corrected chi connectivity index (χ4v) is 4.41.